The van der Waals surface area contributed by atoms with Gasteiger partial charge >= 0.3 is 0 Å². The molecule has 0 spiro atoms. The van der Waals surface area contributed by atoms with E-state index in [4.69, 9.17) is 5.73 Å². The summed E-state index contributed by atoms with van der Waals surface area (Å²) < 4.78 is 0. The van der Waals surface area contributed by atoms with Crippen molar-refractivity contribution in [2.24, 2.45) is 5.73 Å². The van der Waals surface area contributed by atoms with Crippen LogP contribution in [0.15, 0.2) is 60.7 Å². The van der Waals surface area contributed by atoms with Crippen LogP contribution in [0.25, 0.3) is 0 Å². The molecule has 104 valence electrons. The van der Waals surface area contributed by atoms with Crippen molar-refractivity contribution in [1.82, 2.24) is 5.32 Å². The highest BCUT2D eigenvalue weighted by molar-refractivity contribution is 5.40. The van der Waals surface area contributed by atoms with Gasteiger partial charge in [-0.05, 0) is 30.5 Å². The normalized spacial score (nSPS) is 19.8. The third kappa shape index (κ3) is 2.37. The summed E-state index contributed by atoms with van der Waals surface area (Å²) in [7, 11) is 0. The predicted molar refractivity (Wildman–Crippen MR) is 83.5 cm³/mol. The zero-order valence-corrected chi connectivity index (χ0v) is 11.8. The van der Waals surface area contributed by atoms with Crippen LogP contribution in [-0.2, 0) is 5.54 Å². The van der Waals surface area contributed by atoms with Crippen molar-refractivity contribution in [3.63, 3.8) is 0 Å². The molecule has 1 fully saturated rings. The molecular weight excluding hydrogens is 244 g/mol. The van der Waals surface area contributed by atoms with E-state index in [-0.39, 0.29) is 0 Å². The first-order valence-electron chi connectivity index (χ1n) is 7.45. The Bertz CT molecular complexity index is 490. The molecule has 1 aliphatic rings. The standard InChI is InChI=1S/C18H22N2/c19-18(15-9-3-1-4-10-15,16-11-5-2-6-12-16)17-13-7-8-14-20-17/h1-6,9-12,17,20H,7-8,13-14,19H2. The lowest BCUT2D eigenvalue weighted by atomic mass is 9.75. The Morgan fingerprint density at radius 3 is 1.85 bits per heavy atom. The number of nitrogens with two attached hydrogens (primary N) is 1. The fourth-order valence-corrected chi connectivity index (χ4v) is 3.24. The molecule has 1 heterocycles. The molecule has 2 heteroatoms. The largest absolute Gasteiger partial charge is 0.316 e. The quantitative estimate of drug-likeness (QED) is 0.896. The van der Waals surface area contributed by atoms with Crippen molar-refractivity contribution in [3.05, 3.63) is 71.8 Å². The van der Waals surface area contributed by atoms with Crippen LogP contribution in [0.2, 0.25) is 0 Å². The third-order valence-corrected chi connectivity index (χ3v) is 4.36. The second-order valence-electron chi connectivity index (χ2n) is 5.60. The summed E-state index contributed by atoms with van der Waals surface area (Å²) in [5.41, 5.74) is 8.87. The maximum Gasteiger partial charge on any atom is 0.0821 e. The van der Waals surface area contributed by atoms with E-state index in [9.17, 15) is 0 Å². The topological polar surface area (TPSA) is 38.0 Å². The highest BCUT2D eigenvalue weighted by atomic mass is 15.0. The van der Waals surface area contributed by atoms with Crippen LogP contribution in [0.3, 0.4) is 0 Å². The smallest absolute Gasteiger partial charge is 0.0821 e. The van der Waals surface area contributed by atoms with Gasteiger partial charge in [0.25, 0.3) is 0 Å². The van der Waals surface area contributed by atoms with Gasteiger partial charge < -0.3 is 11.1 Å². The van der Waals surface area contributed by atoms with Crippen molar-refractivity contribution in [2.45, 2.75) is 30.8 Å². The summed E-state index contributed by atoms with van der Waals surface area (Å²) in [4.78, 5) is 0. The van der Waals surface area contributed by atoms with Crippen LogP contribution in [0, 0.1) is 0 Å². The van der Waals surface area contributed by atoms with Crippen LogP contribution in [0.1, 0.15) is 30.4 Å². The van der Waals surface area contributed by atoms with E-state index in [0.29, 0.717) is 6.04 Å². The molecule has 0 amide bonds. The molecule has 1 unspecified atom stereocenters. The number of nitrogens with one attached hydrogen (secondary N) is 1. The van der Waals surface area contributed by atoms with E-state index < -0.39 is 5.54 Å². The molecule has 2 aromatic carbocycles. The van der Waals surface area contributed by atoms with Crippen LogP contribution in [0.4, 0.5) is 0 Å². The third-order valence-electron chi connectivity index (χ3n) is 4.36. The van der Waals surface area contributed by atoms with Gasteiger partial charge in [0.05, 0.1) is 5.54 Å². The average molecular weight is 266 g/mol. The molecule has 0 bridgehead atoms. The lowest BCUT2D eigenvalue weighted by Gasteiger charge is -2.41. The van der Waals surface area contributed by atoms with Gasteiger partial charge in [-0.2, -0.15) is 0 Å². The average Bonchev–Trinajstić information content (AvgIpc) is 2.56. The second kappa shape index (κ2) is 5.78. The summed E-state index contributed by atoms with van der Waals surface area (Å²) in [5, 5.41) is 3.63. The lowest BCUT2D eigenvalue weighted by Crippen LogP contribution is -2.56. The molecule has 1 aliphatic heterocycles. The predicted octanol–water partition coefficient (Wildman–Crippen LogP) is 3.03. The van der Waals surface area contributed by atoms with Gasteiger partial charge in [0, 0.05) is 6.04 Å². The first-order valence-corrected chi connectivity index (χ1v) is 7.45. The molecule has 2 aromatic rings. The van der Waals surface area contributed by atoms with Crippen LogP contribution < -0.4 is 11.1 Å². The van der Waals surface area contributed by atoms with E-state index in [0.717, 1.165) is 13.0 Å². The van der Waals surface area contributed by atoms with E-state index in [1.807, 2.05) is 12.1 Å². The van der Waals surface area contributed by atoms with Crippen molar-refractivity contribution in [1.29, 1.82) is 0 Å². The fraction of sp³-hybridized carbons (Fsp3) is 0.333. The molecule has 2 nitrogen and oxygen atoms in total. The molecule has 0 saturated carbocycles. The zero-order chi connectivity index (χ0) is 13.8. The number of hydrogen-bond donors (Lipinski definition) is 2. The maximum absolute atomic E-state index is 6.95. The van der Waals surface area contributed by atoms with Crippen molar-refractivity contribution >= 4 is 0 Å². The molecule has 0 radical (unpaired) electrons. The molecule has 1 saturated heterocycles. The van der Waals surface area contributed by atoms with Gasteiger partial charge in [0.1, 0.15) is 0 Å². The summed E-state index contributed by atoms with van der Waals surface area (Å²) in [5.74, 6) is 0. The van der Waals surface area contributed by atoms with Crippen LogP contribution in [0.5, 0.6) is 0 Å². The molecule has 3 N–H and O–H groups in total. The second-order valence-corrected chi connectivity index (χ2v) is 5.60. The highest BCUT2D eigenvalue weighted by Crippen LogP contribution is 2.33. The van der Waals surface area contributed by atoms with E-state index in [2.05, 4.69) is 53.8 Å². The van der Waals surface area contributed by atoms with E-state index in [1.54, 1.807) is 0 Å². The van der Waals surface area contributed by atoms with Gasteiger partial charge in [0.15, 0.2) is 0 Å². The summed E-state index contributed by atoms with van der Waals surface area (Å²) in [6, 6.07) is 21.2. The van der Waals surface area contributed by atoms with E-state index in [1.165, 1.54) is 24.0 Å². The number of hydrogen-bond acceptors (Lipinski definition) is 2. The number of benzene rings is 2. The number of rotatable bonds is 3. The Kier molecular flexibility index (Phi) is 3.86. The van der Waals surface area contributed by atoms with Gasteiger partial charge in [-0.25, -0.2) is 0 Å². The Labute approximate surface area is 121 Å². The lowest BCUT2D eigenvalue weighted by molar-refractivity contribution is 0.290. The van der Waals surface area contributed by atoms with Gasteiger partial charge in [0.2, 0.25) is 0 Å². The molecule has 0 aromatic heterocycles. The minimum atomic E-state index is -0.455. The highest BCUT2D eigenvalue weighted by Gasteiger charge is 2.38. The van der Waals surface area contributed by atoms with Crippen molar-refractivity contribution < 1.29 is 0 Å². The maximum atomic E-state index is 6.95. The summed E-state index contributed by atoms with van der Waals surface area (Å²) in [6.07, 6.45) is 3.62. The zero-order valence-electron chi connectivity index (χ0n) is 11.8. The van der Waals surface area contributed by atoms with Crippen molar-refractivity contribution in [3.8, 4) is 0 Å². The van der Waals surface area contributed by atoms with Gasteiger partial charge in [-0.3, -0.25) is 0 Å². The van der Waals surface area contributed by atoms with Gasteiger partial charge in [-0.15, -0.1) is 0 Å². The summed E-state index contributed by atoms with van der Waals surface area (Å²) >= 11 is 0. The monoisotopic (exact) mass is 266 g/mol. The molecule has 1 atom stereocenters. The molecule has 3 rings (SSSR count). The van der Waals surface area contributed by atoms with Crippen molar-refractivity contribution in [2.75, 3.05) is 6.54 Å². The summed E-state index contributed by atoms with van der Waals surface area (Å²) in [6.45, 7) is 1.06. The Morgan fingerprint density at radius 2 is 1.40 bits per heavy atom. The minimum absolute atomic E-state index is 0.293. The molecule has 0 aliphatic carbocycles. The number of piperidine rings is 1. The molecule has 20 heavy (non-hydrogen) atoms. The SMILES string of the molecule is NC(c1ccccc1)(c1ccccc1)C1CCCCN1. The Morgan fingerprint density at radius 1 is 0.850 bits per heavy atom. The van der Waals surface area contributed by atoms with E-state index >= 15 is 0 Å². The minimum Gasteiger partial charge on any atom is -0.316 e. The first kappa shape index (κ1) is 13.3. The molecular formula is C18H22N2. The first-order chi connectivity index (χ1) is 9.82. The Balaban J connectivity index is 2.07. The van der Waals surface area contributed by atoms with Gasteiger partial charge in [-0.1, -0.05) is 67.1 Å². The fourth-order valence-electron chi connectivity index (χ4n) is 3.24. The Hall–Kier alpha value is -1.64. The van der Waals surface area contributed by atoms with Crippen LogP contribution in [-0.4, -0.2) is 12.6 Å². The van der Waals surface area contributed by atoms with Crippen LogP contribution >= 0.6 is 0 Å².